The van der Waals surface area contributed by atoms with E-state index in [9.17, 15) is 14.7 Å². The average Bonchev–Trinajstić information content (AvgIpc) is 2.36. The molecule has 0 fully saturated rings. The Kier molecular flexibility index (Phi) is 4.89. The summed E-state index contributed by atoms with van der Waals surface area (Å²) in [5.74, 6) is -0.244. The van der Waals surface area contributed by atoms with Gasteiger partial charge in [-0.25, -0.2) is 0 Å². The monoisotopic (exact) mass is 250 g/mol. The molecule has 1 rings (SSSR count). The maximum absolute atomic E-state index is 11.7. The highest BCUT2D eigenvalue weighted by Gasteiger charge is 2.17. The Labute approximate surface area is 107 Å². The molecule has 0 aliphatic heterocycles. The number of rotatable bonds is 6. The minimum Gasteiger partial charge on any atom is -0.504 e. The van der Waals surface area contributed by atoms with Gasteiger partial charge in [0.05, 0.1) is 13.0 Å². The molecular weight excluding hydrogens is 232 g/mol. The maximum Gasteiger partial charge on any atom is 0.160 e. The molecule has 0 aromatic heterocycles. The first-order chi connectivity index (χ1) is 8.45. The smallest absolute Gasteiger partial charge is 0.160 e. The lowest BCUT2D eigenvalue weighted by atomic mass is 9.96. The highest BCUT2D eigenvalue weighted by molar-refractivity contribution is 6.00. The Morgan fingerprint density at radius 3 is 2.61 bits per heavy atom. The number of benzene rings is 1. The van der Waals surface area contributed by atoms with Gasteiger partial charge in [-0.1, -0.05) is 6.07 Å². The molecule has 0 spiro atoms. The van der Waals surface area contributed by atoms with Crippen molar-refractivity contribution in [1.82, 2.24) is 0 Å². The van der Waals surface area contributed by atoms with Gasteiger partial charge in [-0.05, 0) is 38.0 Å². The number of phenolic OH excluding ortho intramolecular Hbond substituents is 1. The summed E-state index contributed by atoms with van der Waals surface area (Å²) in [4.78, 5) is 22.7. The summed E-state index contributed by atoms with van der Waals surface area (Å²) in [5, 5.41) is 9.44. The van der Waals surface area contributed by atoms with Crippen molar-refractivity contribution < 1.29 is 19.4 Å². The molecule has 0 heterocycles. The average molecular weight is 250 g/mol. The van der Waals surface area contributed by atoms with E-state index in [1.165, 1.54) is 20.1 Å². The second kappa shape index (κ2) is 6.19. The van der Waals surface area contributed by atoms with Crippen molar-refractivity contribution in [2.24, 2.45) is 5.92 Å². The number of Topliss-reactive ketones (excluding diaryl/α,β-unsaturated/α-hetero) is 2. The van der Waals surface area contributed by atoms with Gasteiger partial charge in [-0.2, -0.15) is 0 Å². The Balaban J connectivity index is 2.64. The Morgan fingerprint density at radius 1 is 1.39 bits per heavy atom. The van der Waals surface area contributed by atoms with Crippen molar-refractivity contribution in [3.05, 3.63) is 23.8 Å². The van der Waals surface area contributed by atoms with Crippen LogP contribution in [0.25, 0.3) is 0 Å². The number of hydrogen-bond acceptors (Lipinski definition) is 4. The van der Waals surface area contributed by atoms with Gasteiger partial charge in [0, 0.05) is 6.42 Å². The number of hydrogen-bond donors (Lipinski definition) is 1. The van der Waals surface area contributed by atoms with E-state index < -0.39 is 5.92 Å². The van der Waals surface area contributed by atoms with Crippen molar-refractivity contribution in [2.45, 2.75) is 26.7 Å². The number of ether oxygens (including phenoxy) is 1. The lowest BCUT2D eigenvalue weighted by molar-refractivity contribution is -0.130. The predicted octanol–water partition coefficient (Wildman–Crippen LogP) is 2.13. The first-order valence-electron chi connectivity index (χ1n) is 5.84. The fourth-order valence-corrected chi connectivity index (χ4v) is 1.59. The lowest BCUT2D eigenvalue weighted by Gasteiger charge is -2.08. The summed E-state index contributed by atoms with van der Waals surface area (Å²) in [5.41, 5.74) is 0.897. The zero-order valence-corrected chi connectivity index (χ0v) is 10.9. The molecule has 0 saturated heterocycles. The van der Waals surface area contributed by atoms with Crippen LogP contribution < -0.4 is 4.74 Å². The van der Waals surface area contributed by atoms with Crippen LogP contribution in [0.4, 0.5) is 0 Å². The first-order valence-corrected chi connectivity index (χ1v) is 5.84. The first kappa shape index (κ1) is 14.2. The molecule has 0 aliphatic carbocycles. The molecule has 4 heteroatoms. The molecule has 0 amide bonds. The van der Waals surface area contributed by atoms with Gasteiger partial charge in [0.15, 0.2) is 11.5 Å². The molecule has 0 aliphatic rings. The summed E-state index contributed by atoms with van der Waals surface area (Å²) < 4.78 is 4.99. The molecule has 1 aromatic rings. The number of aryl methyl sites for hydroxylation is 1. The van der Waals surface area contributed by atoms with Crippen molar-refractivity contribution in [3.8, 4) is 11.5 Å². The molecular formula is C14H18O4. The number of carbonyl (C=O) groups is 2. The van der Waals surface area contributed by atoms with E-state index in [4.69, 9.17) is 4.74 Å². The summed E-state index contributed by atoms with van der Waals surface area (Å²) in [6, 6.07) is 4.97. The van der Waals surface area contributed by atoms with Gasteiger partial charge < -0.3 is 9.84 Å². The zero-order valence-electron chi connectivity index (χ0n) is 10.9. The van der Waals surface area contributed by atoms with E-state index in [0.29, 0.717) is 18.6 Å². The fraction of sp³-hybridized carbons (Fsp3) is 0.429. The van der Waals surface area contributed by atoms with E-state index in [1.54, 1.807) is 19.1 Å². The fourth-order valence-electron chi connectivity index (χ4n) is 1.59. The minimum absolute atomic E-state index is 0.0606. The van der Waals surface area contributed by atoms with E-state index in [1.807, 2.05) is 0 Å². The topological polar surface area (TPSA) is 63.6 Å². The van der Waals surface area contributed by atoms with Crippen LogP contribution in [0.15, 0.2) is 18.2 Å². The third-order valence-corrected chi connectivity index (χ3v) is 3.00. The van der Waals surface area contributed by atoms with Crippen molar-refractivity contribution in [2.75, 3.05) is 7.11 Å². The van der Waals surface area contributed by atoms with Gasteiger partial charge >= 0.3 is 0 Å². The SMILES string of the molecule is COc1cc(CCC(=O)C(C)C(C)=O)ccc1O. The van der Waals surface area contributed by atoms with Gasteiger partial charge in [0.1, 0.15) is 11.6 Å². The molecule has 0 saturated carbocycles. The maximum atomic E-state index is 11.7. The quantitative estimate of drug-likeness (QED) is 0.785. The van der Waals surface area contributed by atoms with Crippen LogP contribution in [-0.4, -0.2) is 23.8 Å². The second-order valence-electron chi connectivity index (χ2n) is 4.30. The van der Waals surface area contributed by atoms with Gasteiger partial charge in [0.25, 0.3) is 0 Å². The highest BCUT2D eigenvalue weighted by atomic mass is 16.5. The van der Waals surface area contributed by atoms with Crippen molar-refractivity contribution >= 4 is 11.6 Å². The number of phenols is 1. The van der Waals surface area contributed by atoms with Crippen molar-refractivity contribution in [3.63, 3.8) is 0 Å². The standard InChI is InChI=1S/C14H18O4/c1-9(10(2)15)12(16)6-4-11-5-7-13(17)14(8-11)18-3/h5,7-9,17H,4,6H2,1-3H3. The van der Waals surface area contributed by atoms with Gasteiger partial charge in [-0.3, -0.25) is 9.59 Å². The van der Waals surface area contributed by atoms with E-state index in [2.05, 4.69) is 0 Å². The van der Waals surface area contributed by atoms with E-state index in [-0.39, 0.29) is 17.3 Å². The van der Waals surface area contributed by atoms with Gasteiger partial charge in [-0.15, -0.1) is 0 Å². The number of methoxy groups -OCH3 is 1. The lowest BCUT2D eigenvalue weighted by Crippen LogP contribution is -2.18. The van der Waals surface area contributed by atoms with Crippen LogP contribution in [0.3, 0.4) is 0 Å². The molecule has 0 radical (unpaired) electrons. The normalized spacial score (nSPS) is 11.9. The third-order valence-electron chi connectivity index (χ3n) is 3.00. The molecule has 98 valence electrons. The molecule has 1 unspecified atom stereocenters. The second-order valence-corrected chi connectivity index (χ2v) is 4.30. The Hall–Kier alpha value is -1.84. The van der Waals surface area contributed by atoms with Crippen LogP contribution in [0, 0.1) is 5.92 Å². The van der Waals surface area contributed by atoms with E-state index >= 15 is 0 Å². The molecule has 1 aromatic carbocycles. The van der Waals surface area contributed by atoms with Crippen LogP contribution in [-0.2, 0) is 16.0 Å². The number of aromatic hydroxyl groups is 1. The van der Waals surface area contributed by atoms with Crippen LogP contribution in [0.2, 0.25) is 0 Å². The number of ketones is 2. The molecule has 0 bridgehead atoms. The summed E-state index contributed by atoms with van der Waals surface area (Å²) in [6.45, 7) is 3.05. The molecule has 18 heavy (non-hydrogen) atoms. The minimum atomic E-state index is -0.538. The van der Waals surface area contributed by atoms with E-state index in [0.717, 1.165) is 5.56 Å². The summed E-state index contributed by atoms with van der Waals surface area (Å²) in [6.07, 6.45) is 0.849. The zero-order chi connectivity index (χ0) is 13.7. The van der Waals surface area contributed by atoms with Crippen LogP contribution >= 0.6 is 0 Å². The number of carbonyl (C=O) groups excluding carboxylic acids is 2. The van der Waals surface area contributed by atoms with Crippen LogP contribution in [0.1, 0.15) is 25.8 Å². The van der Waals surface area contributed by atoms with Crippen molar-refractivity contribution in [1.29, 1.82) is 0 Å². The molecule has 1 N–H and O–H groups in total. The largest absolute Gasteiger partial charge is 0.504 e. The Morgan fingerprint density at radius 2 is 2.06 bits per heavy atom. The highest BCUT2D eigenvalue weighted by Crippen LogP contribution is 2.26. The molecule has 1 atom stereocenters. The Bertz CT molecular complexity index is 451. The summed E-state index contributed by atoms with van der Waals surface area (Å²) in [7, 11) is 1.47. The summed E-state index contributed by atoms with van der Waals surface area (Å²) >= 11 is 0. The molecule has 4 nitrogen and oxygen atoms in total. The van der Waals surface area contributed by atoms with Gasteiger partial charge in [0.2, 0.25) is 0 Å². The predicted molar refractivity (Wildman–Crippen MR) is 67.8 cm³/mol. The third kappa shape index (κ3) is 3.58. The van der Waals surface area contributed by atoms with Crippen LogP contribution in [0.5, 0.6) is 11.5 Å².